The molecule has 1 aliphatic heterocycles. The minimum atomic E-state index is 0.647. The number of rotatable bonds is 4. The predicted molar refractivity (Wildman–Crippen MR) is 67.0 cm³/mol. The quantitative estimate of drug-likeness (QED) is 0.829. The summed E-state index contributed by atoms with van der Waals surface area (Å²) in [5, 5.41) is 6.46. The van der Waals surface area contributed by atoms with Crippen molar-refractivity contribution < 1.29 is 4.42 Å². The molecule has 5 heteroatoms. The first-order valence-corrected chi connectivity index (χ1v) is 6.27. The van der Waals surface area contributed by atoms with Gasteiger partial charge in [0.05, 0.1) is 12.2 Å². The predicted octanol–water partition coefficient (Wildman–Crippen LogP) is 1.37. The number of aromatic nitrogens is 1. The van der Waals surface area contributed by atoms with E-state index >= 15 is 0 Å². The summed E-state index contributed by atoms with van der Waals surface area (Å²) < 4.78 is 5.69. The second kappa shape index (κ2) is 5.70. The number of hydrogen-bond donors (Lipinski definition) is 2. The summed E-state index contributed by atoms with van der Waals surface area (Å²) in [7, 11) is 0. The average molecular weight is 236 g/mol. The maximum Gasteiger partial charge on any atom is 0.194 e. The van der Waals surface area contributed by atoms with Crippen LogP contribution in [0.25, 0.3) is 0 Å². The lowest BCUT2D eigenvalue weighted by molar-refractivity contribution is 0.446. The summed E-state index contributed by atoms with van der Waals surface area (Å²) in [6.45, 7) is 6.64. The Morgan fingerprint density at radius 3 is 3.06 bits per heavy atom. The standard InChI is InChI=1S/C12H20N4O/c1-3-5-11-16-9(2)10(17-11)8-15-12-13-6-4-7-14-12/h3-8H2,1-2H3,(H2,13,14,15). The summed E-state index contributed by atoms with van der Waals surface area (Å²) in [5.41, 5.74) is 0.970. The molecule has 94 valence electrons. The molecule has 5 nitrogen and oxygen atoms in total. The summed E-state index contributed by atoms with van der Waals surface area (Å²) in [6.07, 6.45) is 3.06. The Morgan fingerprint density at radius 2 is 2.35 bits per heavy atom. The largest absolute Gasteiger partial charge is 0.444 e. The molecule has 0 unspecified atom stereocenters. The number of aliphatic imine (C=N–C) groups is 1. The third-order valence-electron chi connectivity index (χ3n) is 2.71. The second-order valence-electron chi connectivity index (χ2n) is 4.23. The molecular formula is C12H20N4O. The van der Waals surface area contributed by atoms with Crippen LogP contribution in [0.1, 0.15) is 37.1 Å². The zero-order chi connectivity index (χ0) is 12.1. The molecule has 17 heavy (non-hydrogen) atoms. The van der Waals surface area contributed by atoms with E-state index in [1.807, 2.05) is 6.92 Å². The molecule has 0 bridgehead atoms. The van der Waals surface area contributed by atoms with E-state index in [2.05, 4.69) is 27.5 Å². The third-order valence-corrected chi connectivity index (χ3v) is 2.71. The van der Waals surface area contributed by atoms with E-state index in [1.54, 1.807) is 0 Å². The van der Waals surface area contributed by atoms with E-state index in [-0.39, 0.29) is 0 Å². The fraction of sp³-hybridized carbons (Fsp3) is 0.667. The van der Waals surface area contributed by atoms with Crippen molar-refractivity contribution in [1.82, 2.24) is 15.6 Å². The number of hydrogen-bond acceptors (Lipinski definition) is 5. The van der Waals surface area contributed by atoms with Crippen LogP contribution >= 0.6 is 0 Å². The highest BCUT2D eigenvalue weighted by molar-refractivity contribution is 5.80. The van der Waals surface area contributed by atoms with Crippen molar-refractivity contribution in [3.63, 3.8) is 0 Å². The fourth-order valence-electron chi connectivity index (χ4n) is 1.79. The lowest BCUT2D eigenvalue weighted by Gasteiger charge is -2.15. The first-order chi connectivity index (χ1) is 8.29. The van der Waals surface area contributed by atoms with Crippen molar-refractivity contribution in [3.8, 4) is 0 Å². The topological polar surface area (TPSA) is 62.5 Å². The molecule has 2 N–H and O–H groups in total. The Kier molecular flexibility index (Phi) is 4.01. The summed E-state index contributed by atoms with van der Waals surface area (Å²) >= 11 is 0. The van der Waals surface area contributed by atoms with Crippen LogP contribution in [0.5, 0.6) is 0 Å². The van der Waals surface area contributed by atoms with E-state index in [1.165, 1.54) is 0 Å². The summed E-state index contributed by atoms with van der Waals surface area (Å²) in [5.74, 6) is 2.60. The van der Waals surface area contributed by atoms with Crippen LogP contribution in [0.4, 0.5) is 0 Å². The molecule has 0 radical (unpaired) electrons. The zero-order valence-electron chi connectivity index (χ0n) is 10.5. The first-order valence-electron chi connectivity index (χ1n) is 6.27. The molecule has 1 aliphatic rings. The molecule has 1 aromatic rings. The maximum atomic E-state index is 5.69. The monoisotopic (exact) mass is 236 g/mol. The maximum absolute atomic E-state index is 5.69. The van der Waals surface area contributed by atoms with Gasteiger partial charge in [-0.25, -0.2) is 4.98 Å². The van der Waals surface area contributed by atoms with Crippen LogP contribution in [0.2, 0.25) is 0 Å². The van der Waals surface area contributed by atoms with Gasteiger partial charge in [-0.3, -0.25) is 4.99 Å². The van der Waals surface area contributed by atoms with Crippen molar-refractivity contribution in [2.24, 2.45) is 4.99 Å². The fourth-order valence-corrected chi connectivity index (χ4v) is 1.79. The highest BCUT2D eigenvalue weighted by atomic mass is 16.4. The molecule has 0 amide bonds. The molecule has 0 atom stereocenters. The van der Waals surface area contributed by atoms with Gasteiger partial charge in [0.15, 0.2) is 11.9 Å². The Morgan fingerprint density at radius 1 is 1.47 bits per heavy atom. The van der Waals surface area contributed by atoms with Crippen molar-refractivity contribution in [1.29, 1.82) is 0 Å². The van der Waals surface area contributed by atoms with E-state index in [4.69, 9.17) is 4.42 Å². The average Bonchev–Trinajstić information content (AvgIpc) is 2.69. The lowest BCUT2D eigenvalue weighted by atomic mass is 10.3. The number of nitrogens with one attached hydrogen (secondary N) is 2. The van der Waals surface area contributed by atoms with Gasteiger partial charge >= 0.3 is 0 Å². The van der Waals surface area contributed by atoms with Crippen LogP contribution in [-0.2, 0) is 13.0 Å². The second-order valence-corrected chi connectivity index (χ2v) is 4.23. The van der Waals surface area contributed by atoms with E-state index in [0.29, 0.717) is 6.54 Å². The van der Waals surface area contributed by atoms with Crippen molar-refractivity contribution in [2.45, 2.75) is 39.7 Å². The molecule has 0 saturated heterocycles. The molecule has 1 aromatic heterocycles. The van der Waals surface area contributed by atoms with Gasteiger partial charge in [0.1, 0.15) is 5.76 Å². The number of aryl methyl sites for hydroxylation is 2. The Hall–Kier alpha value is -1.52. The van der Waals surface area contributed by atoms with Crippen molar-refractivity contribution in [2.75, 3.05) is 13.1 Å². The zero-order valence-corrected chi connectivity index (χ0v) is 10.5. The minimum Gasteiger partial charge on any atom is -0.444 e. The van der Waals surface area contributed by atoms with E-state index in [0.717, 1.165) is 55.7 Å². The Bertz CT molecular complexity index is 397. The molecule has 0 fully saturated rings. The molecular weight excluding hydrogens is 216 g/mol. The van der Waals surface area contributed by atoms with Crippen LogP contribution in [-0.4, -0.2) is 24.0 Å². The first kappa shape index (κ1) is 12.0. The van der Waals surface area contributed by atoms with Crippen LogP contribution in [0.15, 0.2) is 9.41 Å². The Labute approximate surface area is 102 Å². The van der Waals surface area contributed by atoms with Crippen molar-refractivity contribution >= 4 is 5.96 Å². The Balaban J connectivity index is 1.91. The lowest BCUT2D eigenvalue weighted by Crippen LogP contribution is -2.40. The van der Waals surface area contributed by atoms with Crippen molar-refractivity contribution in [3.05, 3.63) is 17.3 Å². The number of oxazole rings is 1. The van der Waals surface area contributed by atoms with Crippen LogP contribution < -0.4 is 10.6 Å². The van der Waals surface area contributed by atoms with Gasteiger partial charge in [0, 0.05) is 19.5 Å². The molecule has 0 aliphatic carbocycles. The summed E-state index contributed by atoms with van der Waals surface area (Å²) in [6, 6.07) is 0. The highest BCUT2D eigenvalue weighted by Gasteiger charge is 2.10. The summed E-state index contributed by atoms with van der Waals surface area (Å²) in [4.78, 5) is 8.75. The molecule has 0 spiro atoms. The minimum absolute atomic E-state index is 0.647. The van der Waals surface area contributed by atoms with Gasteiger partial charge in [-0.1, -0.05) is 6.92 Å². The number of guanidine groups is 1. The molecule has 0 saturated carbocycles. The van der Waals surface area contributed by atoms with Crippen LogP contribution in [0, 0.1) is 6.92 Å². The highest BCUT2D eigenvalue weighted by Crippen LogP contribution is 2.11. The molecule has 2 rings (SSSR count). The smallest absolute Gasteiger partial charge is 0.194 e. The van der Waals surface area contributed by atoms with Gasteiger partial charge in [-0.05, 0) is 19.8 Å². The van der Waals surface area contributed by atoms with E-state index < -0.39 is 0 Å². The van der Waals surface area contributed by atoms with Gasteiger partial charge < -0.3 is 15.1 Å². The van der Waals surface area contributed by atoms with Gasteiger partial charge in [0.25, 0.3) is 0 Å². The molecule has 2 heterocycles. The van der Waals surface area contributed by atoms with E-state index in [9.17, 15) is 0 Å². The SMILES string of the molecule is CCCc1nc(C)c(CNC2=NCCCN2)o1. The van der Waals surface area contributed by atoms with Gasteiger partial charge in [-0.15, -0.1) is 0 Å². The third kappa shape index (κ3) is 3.22. The van der Waals surface area contributed by atoms with Gasteiger partial charge in [0.2, 0.25) is 0 Å². The van der Waals surface area contributed by atoms with Crippen LogP contribution in [0.3, 0.4) is 0 Å². The number of nitrogens with zero attached hydrogens (tertiary/aromatic N) is 2. The van der Waals surface area contributed by atoms with Gasteiger partial charge in [-0.2, -0.15) is 0 Å². The molecule has 0 aromatic carbocycles. The normalized spacial score (nSPS) is 15.3.